The molecule has 0 saturated carbocycles. The van der Waals surface area contributed by atoms with Crippen LogP contribution in [0.4, 0.5) is 0 Å². The van der Waals surface area contributed by atoms with Crippen LogP contribution in [0, 0.1) is 48.5 Å². The van der Waals surface area contributed by atoms with Crippen LogP contribution in [0.15, 0.2) is 111 Å². The molecule has 7 saturated heterocycles. The number of aliphatic hydroxyl groups is 1. The molecule has 0 aliphatic carbocycles. The predicted octanol–water partition coefficient (Wildman–Crippen LogP) is -3.39. The second-order valence-electron chi connectivity index (χ2n) is 33.2. The average molecular weight is 2160 g/mol. The molecule has 778 valence electrons. The molecule has 0 aromatic carbocycles. The first-order valence-corrected chi connectivity index (χ1v) is 53.6. The highest BCUT2D eigenvalue weighted by Gasteiger charge is 2.54. The first-order valence-electron chi connectivity index (χ1n) is 42.0. The lowest BCUT2D eigenvalue weighted by molar-refractivity contribution is -0.0661. The summed E-state index contributed by atoms with van der Waals surface area (Å²) < 4.78 is 203. The number of hydrogen-bond acceptors (Lipinski definition) is 44. The zero-order valence-electron chi connectivity index (χ0n) is 74.1. The lowest BCUT2D eigenvalue weighted by atomic mass is 10.2. The summed E-state index contributed by atoms with van der Waals surface area (Å²) in [7, 11) is -38.6. The van der Waals surface area contributed by atoms with Gasteiger partial charge in [0.1, 0.15) is 129 Å². The topological polar surface area (TPSA) is 853 Å². The minimum atomic E-state index is -5.81. The van der Waals surface area contributed by atoms with Crippen molar-refractivity contribution in [2.45, 2.75) is 222 Å². The van der Waals surface area contributed by atoms with Gasteiger partial charge in [0.25, 0.3) is 46.1 Å². The Balaban J connectivity index is 0.665. The number of aromatic amines is 7. The van der Waals surface area contributed by atoms with Gasteiger partial charge in [0.2, 0.25) is 0 Å². The lowest BCUT2D eigenvalue weighted by Crippen LogP contribution is -2.33. The number of phosphoric ester groups is 6. The van der Waals surface area contributed by atoms with E-state index in [1.807, 2.05) is 24.9 Å². The van der Waals surface area contributed by atoms with Crippen LogP contribution in [0.2, 0.25) is 0 Å². The van der Waals surface area contributed by atoms with Crippen LogP contribution >= 0.6 is 54.1 Å². The summed E-state index contributed by atoms with van der Waals surface area (Å²) in [4.78, 5) is 283. The van der Waals surface area contributed by atoms with E-state index in [2.05, 4.69) is 22.2 Å². The molecule has 0 spiro atoms. The quantitative estimate of drug-likeness (QED) is 0.0132. The van der Waals surface area contributed by atoms with Crippen LogP contribution in [-0.4, -0.2) is 243 Å². The van der Waals surface area contributed by atoms with Crippen LogP contribution in [0.5, 0.6) is 0 Å². The second-order valence-corrected chi connectivity index (χ2v) is 44.2. The van der Waals surface area contributed by atoms with Gasteiger partial charge in [0.05, 0.1) is 46.2 Å². The fourth-order valence-corrected chi connectivity index (χ4v) is 22.6. The van der Waals surface area contributed by atoms with Crippen molar-refractivity contribution in [3.05, 3.63) is 228 Å². The molecule has 141 heavy (non-hydrogen) atoms. The number of H-pyrrole nitrogens is 7. The SMILES string of the molecule is Cc1cn([C@H]2C[C@H](OP(=O)(O)OC[C@H]3O[C@@H](n4cc(C)c(=O)[nH]c4=O)C[C@@H]3OP(=O)(O)OC[C@H]3O[C@@H](n4cc(C)c(=O)[nH]c4=O)C[C@@H]3OP(=O)(O)OC[C@H]3O[C@@H](n4cc(C)c(=O)[nH]c4=O)C[C@@H]3OP(=O)(O)OC[C@H]3O[C@@H](n4cc(C)c(=O)[nH]c4=O)C[C@@H]3OP(=O)(O)OC[C@H]3O[C@@H](n4cc(C)c(=O)[nH]c4=O)C[C@@H]3OP(=O)(O)OC[C@H]3O[C@@H](n4cc(C)c(=O)[nH]c4=O)C[C@@H]3O[P+](O)(O)[S-])[C@@H](CO)O2)c(=O)[nH]c1=O. The van der Waals surface area contributed by atoms with E-state index in [9.17, 15) is 139 Å². The van der Waals surface area contributed by atoms with Gasteiger partial charge in [0, 0.05) is 127 Å². The Morgan fingerprint density at radius 2 is 0.426 bits per heavy atom. The standard InChI is InChI=1S/C70H93N14O49P7S/c1-29-15-78(64(93)71-57(29)86)50-8-36(43(22-85)120-50)127-134(100,101)114-23-44-37(9-51(121-44)79-16-30(2)58(87)72-65(79)94)128-135(102,103)115-24-45-38(10-52(122-45)80-17-31(3)59(88)73-66(80)95)129-136(104,105)116-25-46-39(11-53(123-46)81-18-32(4)60(89)74-67(81)96)130-137(106,107)117-26-47-40(12-54(124-47)82-19-33(5)61(90)75-68(82)97)131-138(108,109)118-27-48-41(13-55(125-48)83-20-34(6)62(91)76-69(83)98)132-139(110,111)119-28-49-42(133-140(112,113)141)14-56(126-49)84-21-35(7)63(92)77-70(84)99/h15-21,36-56,85H,8-14,22-28H2,1-7H3,(H,100,101)(H,102,103)(H,104,105)(H,106,107)(H,108,109)(H,110,111)(H,71,86,93)(H,72,87,94)(H,73,88,95)(H,74,89,96)(H,75,90,97)(H,76,91,98)(H,77,92,99)(H2,112,113,141)/t36-,37-,38-,39-,40-,41-,42-,43+,44+,45+,46+,47+,48+,49+,50+,51+,52+,53+,54+,55+,56+/m0/s1. The molecule has 7 aromatic rings. The van der Waals surface area contributed by atoms with Gasteiger partial charge in [-0.1, -0.05) is 0 Å². The van der Waals surface area contributed by atoms with Gasteiger partial charge in [-0.25, -0.2) is 70.7 Å². The molecule has 14 rings (SSSR count). The number of nitrogens with zero attached hydrogens (tertiary/aromatic N) is 7. The number of aromatic nitrogens is 14. The van der Waals surface area contributed by atoms with Crippen molar-refractivity contribution < 1.29 is 164 Å². The van der Waals surface area contributed by atoms with Crippen LogP contribution < -0.4 is 78.7 Å². The smallest absolute Gasteiger partial charge is 0.460 e. The largest absolute Gasteiger partial charge is 0.472 e. The molecule has 7 aliphatic rings. The molecule has 7 aliphatic heterocycles. The fourth-order valence-electron chi connectivity index (χ4n) is 15.9. The number of hydrogen-bond donors (Lipinski definition) is 16. The molecule has 71 heteroatoms. The molecule has 14 heterocycles. The van der Waals surface area contributed by atoms with E-state index in [4.69, 9.17) is 92.0 Å². The van der Waals surface area contributed by atoms with Gasteiger partial charge >= 0.3 is 86.8 Å². The van der Waals surface area contributed by atoms with E-state index in [0.717, 1.165) is 75.3 Å². The Morgan fingerprint density at radius 1 is 0.284 bits per heavy atom. The number of ether oxygens (including phenoxy) is 7. The molecule has 7 fully saturated rings. The molecule has 7 aromatic heterocycles. The molecule has 0 bridgehead atoms. The van der Waals surface area contributed by atoms with Crippen molar-refractivity contribution in [1.29, 1.82) is 0 Å². The van der Waals surface area contributed by atoms with Crippen molar-refractivity contribution in [1.82, 2.24) is 66.9 Å². The highest BCUT2D eigenvalue weighted by Crippen LogP contribution is 2.58. The highest BCUT2D eigenvalue weighted by molar-refractivity contribution is 8.35. The van der Waals surface area contributed by atoms with Gasteiger partial charge in [-0.05, 0) is 48.5 Å². The summed E-state index contributed by atoms with van der Waals surface area (Å²) in [6.07, 6.45) is -32.7. The third kappa shape index (κ3) is 26.6. The maximum atomic E-state index is 14.5. The summed E-state index contributed by atoms with van der Waals surface area (Å²) in [6, 6.07) is 0. The third-order valence-corrected chi connectivity index (χ3v) is 29.8. The number of nitrogens with one attached hydrogen (secondary N) is 7. The fraction of sp³-hybridized carbons (Fsp3) is 0.600. The average Bonchev–Trinajstić information content (AvgIpc) is 1.67. The maximum absolute atomic E-state index is 14.5. The zero-order chi connectivity index (χ0) is 103. The lowest BCUT2D eigenvalue weighted by Gasteiger charge is -2.26. The van der Waals surface area contributed by atoms with Crippen molar-refractivity contribution in [2.24, 2.45) is 0 Å². The Bertz CT molecular complexity index is 7110. The van der Waals surface area contributed by atoms with Crippen molar-refractivity contribution in [3.8, 4) is 0 Å². The molecule has 0 radical (unpaired) electrons. The Hall–Kier alpha value is -8.24. The Kier molecular flexibility index (Phi) is 33.1. The summed E-state index contributed by atoms with van der Waals surface area (Å²) in [5, 5.41) is 10.2. The molecular formula is C70H93N14O49P7S. The normalized spacial score (nSPS) is 29.6. The predicted molar refractivity (Wildman–Crippen MR) is 467 cm³/mol. The number of aryl methyl sites for hydroxylation is 7. The first-order chi connectivity index (χ1) is 65.8. The van der Waals surface area contributed by atoms with E-state index < -0.39 is 353 Å². The third-order valence-electron chi connectivity index (χ3n) is 22.9. The van der Waals surface area contributed by atoms with Gasteiger partial charge in [0.15, 0.2) is 0 Å². The van der Waals surface area contributed by atoms with E-state index in [-0.39, 0.29) is 38.9 Å². The van der Waals surface area contributed by atoms with Crippen molar-refractivity contribution in [3.63, 3.8) is 0 Å². The van der Waals surface area contributed by atoms with Crippen LogP contribution in [0.3, 0.4) is 0 Å². The van der Waals surface area contributed by atoms with Gasteiger partial charge in [-0.3, -0.25) is 155 Å². The number of phosphoric acid groups is 6. The first kappa shape index (κ1) is 108. The van der Waals surface area contributed by atoms with Crippen LogP contribution in [0.1, 0.15) is 127 Å². The molecule has 0 amide bonds. The number of aliphatic hydroxyl groups excluding tert-OH is 1. The van der Waals surface area contributed by atoms with Crippen molar-refractivity contribution >= 4 is 66.3 Å². The van der Waals surface area contributed by atoms with E-state index >= 15 is 0 Å². The zero-order valence-corrected chi connectivity index (χ0v) is 81.2. The van der Waals surface area contributed by atoms with Gasteiger partial charge in [-0.15, -0.1) is 0 Å². The van der Waals surface area contributed by atoms with E-state index in [0.29, 0.717) is 0 Å². The van der Waals surface area contributed by atoms with Gasteiger partial charge in [-0.2, -0.15) is 4.52 Å². The second kappa shape index (κ2) is 43.1. The van der Waals surface area contributed by atoms with Crippen LogP contribution in [0.25, 0.3) is 0 Å². The monoisotopic (exact) mass is 2160 g/mol. The molecule has 6 unspecified atom stereocenters. The van der Waals surface area contributed by atoms with E-state index in [1.54, 1.807) is 0 Å². The number of rotatable bonds is 40. The summed E-state index contributed by atoms with van der Waals surface area (Å²) in [6.45, 7) is 1.06. The highest BCUT2D eigenvalue weighted by atomic mass is 32.7. The molecule has 63 nitrogen and oxygen atoms in total. The van der Waals surface area contributed by atoms with E-state index in [1.165, 1.54) is 48.5 Å². The summed E-state index contributed by atoms with van der Waals surface area (Å²) in [5.74, 6) is 0. The molecular weight excluding hydrogens is 2070 g/mol. The maximum Gasteiger partial charge on any atom is 0.472 e. The minimum absolute atomic E-state index is 0.0256. The van der Waals surface area contributed by atoms with Crippen molar-refractivity contribution in [2.75, 3.05) is 46.2 Å². The summed E-state index contributed by atoms with van der Waals surface area (Å²) in [5.41, 5.74) is -13.8. The Morgan fingerprint density at radius 3 is 0.582 bits per heavy atom. The van der Waals surface area contributed by atoms with Gasteiger partial charge < -0.3 is 79.9 Å². The summed E-state index contributed by atoms with van der Waals surface area (Å²) >= 11 is 4.64. The molecule has 27 atom stereocenters. The van der Waals surface area contributed by atoms with Crippen LogP contribution in [-0.2, 0) is 132 Å². The Labute approximate surface area is 790 Å². The molecule has 16 N–H and O–H groups in total. The minimum Gasteiger partial charge on any atom is -0.460 e.